The molecule has 3 nitrogen and oxygen atoms in total. The van der Waals surface area contributed by atoms with Gasteiger partial charge in [-0.2, -0.15) is 0 Å². The van der Waals surface area contributed by atoms with Crippen molar-refractivity contribution in [3.05, 3.63) is 54.0 Å². The zero-order valence-corrected chi connectivity index (χ0v) is 8.06. The van der Waals surface area contributed by atoms with E-state index in [1.54, 1.807) is 24.7 Å². The average molecular weight is 206 g/mol. The molecule has 0 radical (unpaired) electrons. The number of hydrogen-bond donors (Lipinski definition) is 1. The molecule has 1 atom stereocenters. The first-order valence-corrected chi connectivity index (χ1v) is 4.64. The van der Waals surface area contributed by atoms with Crippen molar-refractivity contribution in [3.63, 3.8) is 0 Å². The second kappa shape index (κ2) is 4.23. The lowest BCUT2D eigenvalue weighted by Gasteiger charge is -2.09. The van der Waals surface area contributed by atoms with Crippen LogP contribution in [0, 0.1) is 5.82 Å². The van der Waals surface area contributed by atoms with Crippen molar-refractivity contribution in [2.75, 3.05) is 0 Å². The Labute approximate surface area is 86.7 Å². The smallest absolute Gasteiger partial charge is 0.146 e. The quantitative estimate of drug-likeness (QED) is 0.836. The van der Waals surface area contributed by atoms with Gasteiger partial charge in [-0.15, -0.1) is 0 Å². The molecule has 0 fully saturated rings. The Kier molecular flexibility index (Phi) is 2.78. The average Bonchev–Trinajstić information content (AvgIpc) is 2.71. The standard InChI is InChI=1S/C11H11FN2O/c12-9-2-1-4-14-11(9)10(13)6-8-3-5-15-7-8/h1-5,7,10H,6,13H2. The Morgan fingerprint density at radius 3 is 3.00 bits per heavy atom. The van der Waals surface area contributed by atoms with Gasteiger partial charge in [0.25, 0.3) is 0 Å². The summed E-state index contributed by atoms with van der Waals surface area (Å²) in [4.78, 5) is 3.93. The highest BCUT2D eigenvalue weighted by atomic mass is 19.1. The molecule has 0 aliphatic heterocycles. The predicted molar refractivity (Wildman–Crippen MR) is 53.5 cm³/mol. The molecule has 15 heavy (non-hydrogen) atoms. The third-order valence-corrected chi connectivity index (χ3v) is 2.17. The van der Waals surface area contributed by atoms with E-state index in [0.717, 1.165) is 5.56 Å². The second-order valence-corrected chi connectivity index (χ2v) is 3.31. The van der Waals surface area contributed by atoms with Gasteiger partial charge in [-0.05, 0) is 30.2 Å². The highest BCUT2D eigenvalue weighted by molar-refractivity contribution is 5.16. The molecule has 0 spiro atoms. The van der Waals surface area contributed by atoms with E-state index in [2.05, 4.69) is 4.98 Å². The number of furan rings is 1. The van der Waals surface area contributed by atoms with E-state index in [1.165, 1.54) is 12.3 Å². The van der Waals surface area contributed by atoms with Gasteiger partial charge in [0.2, 0.25) is 0 Å². The highest BCUT2D eigenvalue weighted by Crippen LogP contribution is 2.16. The summed E-state index contributed by atoms with van der Waals surface area (Å²) in [6.45, 7) is 0. The maximum Gasteiger partial charge on any atom is 0.146 e. The molecule has 0 amide bonds. The summed E-state index contributed by atoms with van der Waals surface area (Å²) in [5.41, 5.74) is 7.07. The molecular weight excluding hydrogens is 195 g/mol. The van der Waals surface area contributed by atoms with Gasteiger partial charge in [0.1, 0.15) is 5.82 Å². The number of halogens is 1. The minimum Gasteiger partial charge on any atom is -0.472 e. The zero-order chi connectivity index (χ0) is 10.7. The van der Waals surface area contributed by atoms with Gasteiger partial charge in [-0.1, -0.05) is 0 Å². The summed E-state index contributed by atoms with van der Waals surface area (Å²) in [5.74, 6) is -0.367. The molecule has 4 heteroatoms. The van der Waals surface area contributed by atoms with Crippen LogP contribution in [0.5, 0.6) is 0 Å². The summed E-state index contributed by atoms with van der Waals surface area (Å²) >= 11 is 0. The van der Waals surface area contributed by atoms with Crippen LogP contribution in [0.25, 0.3) is 0 Å². The molecule has 2 aromatic heterocycles. The van der Waals surface area contributed by atoms with E-state index < -0.39 is 6.04 Å². The molecular formula is C11H11FN2O. The first-order valence-electron chi connectivity index (χ1n) is 4.64. The summed E-state index contributed by atoms with van der Waals surface area (Å²) < 4.78 is 18.2. The Bertz CT molecular complexity index is 428. The molecule has 2 rings (SSSR count). The third kappa shape index (κ3) is 2.22. The van der Waals surface area contributed by atoms with E-state index in [1.807, 2.05) is 0 Å². The van der Waals surface area contributed by atoms with Gasteiger partial charge in [0.15, 0.2) is 0 Å². The van der Waals surface area contributed by atoms with Gasteiger partial charge in [0, 0.05) is 6.20 Å². The van der Waals surface area contributed by atoms with E-state index >= 15 is 0 Å². The van der Waals surface area contributed by atoms with Crippen LogP contribution in [0.3, 0.4) is 0 Å². The van der Waals surface area contributed by atoms with Gasteiger partial charge in [0.05, 0.1) is 24.3 Å². The molecule has 0 aromatic carbocycles. The number of nitrogens with two attached hydrogens (primary N) is 1. The molecule has 0 saturated heterocycles. The Balaban J connectivity index is 2.15. The van der Waals surface area contributed by atoms with Crippen LogP contribution in [-0.2, 0) is 6.42 Å². The minimum absolute atomic E-state index is 0.290. The lowest BCUT2D eigenvalue weighted by Crippen LogP contribution is -2.16. The van der Waals surface area contributed by atoms with Crippen molar-refractivity contribution < 1.29 is 8.81 Å². The Morgan fingerprint density at radius 2 is 2.33 bits per heavy atom. The molecule has 1 unspecified atom stereocenters. The second-order valence-electron chi connectivity index (χ2n) is 3.31. The number of rotatable bonds is 3. The molecule has 78 valence electrons. The number of aromatic nitrogens is 1. The molecule has 0 aliphatic rings. The van der Waals surface area contributed by atoms with Crippen molar-refractivity contribution in [1.82, 2.24) is 4.98 Å². The fraction of sp³-hybridized carbons (Fsp3) is 0.182. The van der Waals surface area contributed by atoms with Crippen LogP contribution in [0.15, 0.2) is 41.3 Å². The lowest BCUT2D eigenvalue weighted by atomic mass is 10.1. The summed E-state index contributed by atoms with van der Waals surface area (Å²) in [7, 11) is 0. The Hall–Kier alpha value is -1.68. The monoisotopic (exact) mass is 206 g/mol. The number of hydrogen-bond acceptors (Lipinski definition) is 3. The van der Waals surface area contributed by atoms with Crippen LogP contribution in [0.2, 0.25) is 0 Å². The van der Waals surface area contributed by atoms with Gasteiger partial charge in [-0.25, -0.2) is 4.39 Å². The van der Waals surface area contributed by atoms with Crippen molar-refractivity contribution in [2.24, 2.45) is 5.73 Å². The van der Waals surface area contributed by atoms with Gasteiger partial charge in [-0.3, -0.25) is 4.98 Å². The highest BCUT2D eigenvalue weighted by Gasteiger charge is 2.13. The molecule has 2 aromatic rings. The van der Waals surface area contributed by atoms with Crippen LogP contribution < -0.4 is 5.73 Å². The molecule has 0 bridgehead atoms. The fourth-order valence-corrected chi connectivity index (χ4v) is 1.43. The van der Waals surface area contributed by atoms with Crippen molar-refractivity contribution in [2.45, 2.75) is 12.5 Å². The van der Waals surface area contributed by atoms with Crippen LogP contribution in [-0.4, -0.2) is 4.98 Å². The molecule has 0 saturated carbocycles. The van der Waals surface area contributed by atoms with E-state index in [0.29, 0.717) is 12.1 Å². The molecule has 2 N–H and O–H groups in total. The molecule has 0 aliphatic carbocycles. The topological polar surface area (TPSA) is 52.0 Å². The number of pyridine rings is 1. The number of nitrogens with zero attached hydrogens (tertiary/aromatic N) is 1. The van der Waals surface area contributed by atoms with E-state index in [-0.39, 0.29) is 5.82 Å². The lowest BCUT2D eigenvalue weighted by molar-refractivity contribution is 0.550. The largest absolute Gasteiger partial charge is 0.472 e. The molecule has 2 heterocycles. The summed E-state index contributed by atoms with van der Waals surface area (Å²) in [6, 6.07) is 4.27. The first kappa shape index (κ1) is 9.86. The van der Waals surface area contributed by atoms with Crippen LogP contribution >= 0.6 is 0 Å². The first-order chi connectivity index (χ1) is 7.27. The van der Waals surface area contributed by atoms with Crippen molar-refractivity contribution in [1.29, 1.82) is 0 Å². The van der Waals surface area contributed by atoms with Gasteiger partial charge >= 0.3 is 0 Å². The maximum absolute atomic E-state index is 13.3. The van der Waals surface area contributed by atoms with E-state index in [9.17, 15) is 4.39 Å². The van der Waals surface area contributed by atoms with Crippen molar-refractivity contribution in [3.8, 4) is 0 Å². The summed E-state index contributed by atoms with van der Waals surface area (Å²) in [5, 5.41) is 0. The Morgan fingerprint density at radius 1 is 1.47 bits per heavy atom. The van der Waals surface area contributed by atoms with Gasteiger partial charge < -0.3 is 10.2 Å². The van der Waals surface area contributed by atoms with E-state index in [4.69, 9.17) is 10.2 Å². The third-order valence-electron chi connectivity index (χ3n) is 2.17. The predicted octanol–water partition coefficient (Wildman–Crippen LogP) is 2.06. The van der Waals surface area contributed by atoms with Crippen molar-refractivity contribution >= 4 is 0 Å². The van der Waals surface area contributed by atoms with Crippen LogP contribution in [0.4, 0.5) is 4.39 Å². The maximum atomic E-state index is 13.3. The zero-order valence-electron chi connectivity index (χ0n) is 8.06. The summed E-state index contributed by atoms with van der Waals surface area (Å²) in [6.07, 6.45) is 5.22. The minimum atomic E-state index is -0.441. The SMILES string of the molecule is NC(Cc1ccoc1)c1ncccc1F. The normalized spacial score (nSPS) is 12.7. The van der Waals surface area contributed by atoms with Crippen LogP contribution in [0.1, 0.15) is 17.3 Å². The fourth-order valence-electron chi connectivity index (χ4n) is 1.43.